The van der Waals surface area contributed by atoms with Crippen molar-refractivity contribution in [2.45, 2.75) is 39.0 Å². The highest BCUT2D eigenvalue weighted by molar-refractivity contribution is 5.15. The van der Waals surface area contributed by atoms with Crippen molar-refractivity contribution >= 4 is 0 Å². The van der Waals surface area contributed by atoms with Crippen LogP contribution in [0.1, 0.15) is 43.5 Å². The molecule has 108 valence electrons. The molecule has 4 nitrogen and oxygen atoms in total. The van der Waals surface area contributed by atoms with Gasteiger partial charge >= 0.3 is 0 Å². The monoisotopic (exact) mass is 273 g/mol. The highest BCUT2D eigenvalue weighted by atomic mass is 16.5. The van der Waals surface area contributed by atoms with Crippen LogP contribution in [0.2, 0.25) is 0 Å². The Kier molecular flexibility index (Phi) is 5.30. The fourth-order valence-corrected chi connectivity index (χ4v) is 2.30. The zero-order valence-electron chi connectivity index (χ0n) is 12.2. The fourth-order valence-electron chi connectivity index (χ4n) is 2.30. The molecule has 0 bridgehead atoms. The Hall–Kier alpha value is -1.68. The molecule has 0 fully saturated rings. The average Bonchev–Trinajstić information content (AvgIpc) is 2.92. The highest BCUT2D eigenvalue weighted by Gasteiger charge is 2.18. The van der Waals surface area contributed by atoms with Crippen molar-refractivity contribution in [3.05, 3.63) is 47.6 Å². The van der Waals surface area contributed by atoms with Gasteiger partial charge in [0.1, 0.15) is 0 Å². The molecule has 20 heavy (non-hydrogen) atoms. The minimum atomic E-state index is 0.174. The van der Waals surface area contributed by atoms with E-state index in [0.717, 1.165) is 25.1 Å². The predicted octanol–water partition coefficient (Wildman–Crippen LogP) is 2.94. The highest BCUT2D eigenvalue weighted by Crippen LogP contribution is 2.21. The summed E-state index contributed by atoms with van der Waals surface area (Å²) in [5, 5.41) is 4.07. The lowest BCUT2D eigenvalue weighted by atomic mass is 9.97. The van der Waals surface area contributed by atoms with Crippen molar-refractivity contribution in [3.8, 4) is 0 Å². The van der Waals surface area contributed by atoms with E-state index in [1.54, 1.807) is 0 Å². The van der Waals surface area contributed by atoms with Crippen LogP contribution in [0, 0.1) is 5.92 Å². The van der Waals surface area contributed by atoms with Crippen molar-refractivity contribution in [2.75, 3.05) is 6.54 Å². The molecule has 1 aromatic heterocycles. The molecule has 0 spiro atoms. The Morgan fingerprint density at radius 1 is 1.15 bits per heavy atom. The van der Waals surface area contributed by atoms with Gasteiger partial charge < -0.3 is 10.3 Å². The lowest BCUT2D eigenvalue weighted by Crippen LogP contribution is -2.15. The molecular formula is C16H23N3O. The zero-order valence-corrected chi connectivity index (χ0v) is 12.2. The zero-order chi connectivity index (χ0) is 14.4. The molecule has 0 aliphatic heterocycles. The first kappa shape index (κ1) is 14.7. The number of hydrogen-bond acceptors (Lipinski definition) is 4. The second-order valence-corrected chi connectivity index (χ2v) is 5.60. The van der Waals surface area contributed by atoms with Crippen LogP contribution in [0.3, 0.4) is 0 Å². The van der Waals surface area contributed by atoms with E-state index in [1.807, 2.05) is 18.2 Å². The molecule has 1 unspecified atom stereocenters. The summed E-state index contributed by atoms with van der Waals surface area (Å²) in [5.41, 5.74) is 7.09. The number of aryl methyl sites for hydroxylation is 2. The van der Waals surface area contributed by atoms with Gasteiger partial charge in [-0.25, -0.2) is 0 Å². The summed E-state index contributed by atoms with van der Waals surface area (Å²) in [5.74, 6) is 2.20. The SMILES string of the molecule is CC(C)CC(CN)c1nc(CCc2ccccc2)no1. The summed E-state index contributed by atoms with van der Waals surface area (Å²) < 4.78 is 5.37. The summed E-state index contributed by atoms with van der Waals surface area (Å²) in [6.45, 7) is 4.91. The Labute approximate surface area is 120 Å². The van der Waals surface area contributed by atoms with Gasteiger partial charge in [0.05, 0.1) is 5.92 Å². The van der Waals surface area contributed by atoms with Crippen LogP contribution in [0.25, 0.3) is 0 Å². The van der Waals surface area contributed by atoms with Crippen LogP contribution in [0.4, 0.5) is 0 Å². The molecule has 0 aliphatic rings. The van der Waals surface area contributed by atoms with Gasteiger partial charge in [0, 0.05) is 13.0 Å². The summed E-state index contributed by atoms with van der Waals surface area (Å²) in [4.78, 5) is 4.49. The molecule has 2 N–H and O–H groups in total. The summed E-state index contributed by atoms with van der Waals surface area (Å²) in [6, 6.07) is 10.3. The number of nitrogens with zero attached hydrogens (tertiary/aromatic N) is 2. The number of nitrogens with two attached hydrogens (primary N) is 1. The van der Waals surface area contributed by atoms with Gasteiger partial charge in [-0.15, -0.1) is 0 Å². The Morgan fingerprint density at radius 3 is 2.55 bits per heavy atom. The van der Waals surface area contributed by atoms with Crippen molar-refractivity contribution in [3.63, 3.8) is 0 Å². The standard InChI is InChI=1S/C16H23N3O/c1-12(2)10-14(11-17)16-18-15(19-20-16)9-8-13-6-4-3-5-7-13/h3-7,12,14H,8-11,17H2,1-2H3. The van der Waals surface area contributed by atoms with Gasteiger partial charge in [-0.2, -0.15) is 4.98 Å². The van der Waals surface area contributed by atoms with Crippen LogP contribution in [-0.4, -0.2) is 16.7 Å². The lowest BCUT2D eigenvalue weighted by Gasteiger charge is -2.11. The van der Waals surface area contributed by atoms with E-state index in [-0.39, 0.29) is 5.92 Å². The van der Waals surface area contributed by atoms with Crippen LogP contribution in [0.15, 0.2) is 34.9 Å². The van der Waals surface area contributed by atoms with E-state index in [9.17, 15) is 0 Å². The molecule has 2 aromatic rings. The van der Waals surface area contributed by atoms with Crippen molar-refractivity contribution < 1.29 is 4.52 Å². The summed E-state index contributed by atoms with van der Waals surface area (Å²) in [7, 11) is 0. The van der Waals surface area contributed by atoms with Crippen LogP contribution < -0.4 is 5.73 Å². The normalized spacial score (nSPS) is 12.8. The van der Waals surface area contributed by atoms with E-state index >= 15 is 0 Å². The first-order valence-corrected chi connectivity index (χ1v) is 7.25. The van der Waals surface area contributed by atoms with Crippen LogP contribution >= 0.6 is 0 Å². The number of rotatable bonds is 7. The largest absolute Gasteiger partial charge is 0.339 e. The summed E-state index contributed by atoms with van der Waals surface area (Å²) >= 11 is 0. The van der Waals surface area contributed by atoms with Gasteiger partial charge in [-0.3, -0.25) is 0 Å². The van der Waals surface area contributed by atoms with Gasteiger partial charge in [0.2, 0.25) is 5.89 Å². The topological polar surface area (TPSA) is 64.9 Å². The average molecular weight is 273 g/mol. The second kappa shape index (κ2) is 7.20. The third kappa shape index (κ3) is 4.17. The molecule has 1 heterocycles. The second-order valence-electron chi connectivity index (χ2n) is 5.60. The lowest BCUT2D eigenvalue weighted by molar-refractivity contribution is 0.331. The van der Waals surface area contributed by atoms with Crippen molar-refractivity contribution in [2.24, 2.45) is 11.7 Å². The Morgan fingerprint density at radius 2 is 1.90 bits per heavy atom. The smallest absolute Gasteiger partial charge is 0.231 e. The first-order chi connectivity index (χ1) is 9.69. The summed E-state index contributed by atoms with van der Waals surface area (Å²) in [6.07, 6.45) is 2.71. The number of aromatic nitrogens is 2. The molecule has 0 aliphatic carbocycles. The first-order valence-electron chi connectivity index (χ1n) is 7.25. The minimum absolute atomic E-state index is 0.174. The fraction of sp³-hybridized carbons (Fsp3) is 0.500. The van der Waals surface area contributed by atoms with E-state index in [0.29, 0.717) is 18.4 Å². The van der Waals surface area contributed by atoms with Crippen LogP contribution in [0.5, 0.6) is 0 Å². The molecule has 1 atom stereocenters. The van der Waals surface area contributed by atoms with Gasteiger partial charge in [0.15, 0.2) is 5.82 Å². The quantitative estimate of drug-likeness (QED) is 0.842. The van der Waals surface area contributed by atoms with E-state index < -0.39 is 0 Å². The molecule has 0 radical (unpaired) electrons. The molecule has 0 saturated carbocycles. The van der Waals surface area contributed by atoms with Gasteiger partial charge in [-0.05, 0) is 24.3 Å². The molecule has 0 amide bonds. The Bertz CT molecular complexity index is 507. The third-order valence-corrected chi connectivity index (χ3v) is 3.35. The van der Waals surface area contributed by atoms with E-state index in [2.05, 4.69) is 36.1 Å². The molecule has 4 heteroatoms. The van der Waals surface area contributed by atoms with Crippen molar-refractivity contribution in [1.82, 2.24) is 10.1 Å². The van der Waals surface area contributed by atoms with Gasteiger partial charge in [-0.1, -0.05) is 49.3 Å². The maximum atomic E-state index is 5.80. The van der Waals surface area contributed by atoms with Crippen molar-refractivity contribution in [1.29, 1.82) is 0 Å². The number of benzene rings is 1. The molecule has 2 rings (SSSR count). The van der Waals surface area contributed by atoms with Gasteiger partial charge in [0.25, 0.3) is 0 Å². The molecule has 0 saturated heterocycles. The third-order valence-electron chi connectivity index (χ3n) is 3.35. The maximum Gasteiger partial charge on any atom is 0.231 e. The predicted molar refractivity (Wildman–Crippen MR) is 79.4 cm³/mol. The van der Waals surface area contributed by atoms with E-state index in [1.165, 1.54) is 5.56 Å². The van der Waals surface area contributed by atoms with E-state index in [4.69, 9.17) is 10.3 Å². The minimum Gasteiger partial charge on any atom is -0.339 e. The Balaban J connectivity index is 1.94. The van der Waals surface area contributed by atoms with Crippen LogP contribution in [-0.2, 0) is 12.8 Å². The molecular weight excluding hydrogens is 250 g/mol. The molecule has 1 aromatic carbocycles. The number of hydrogen-bond donors (Lipinski definition) is 1. The maximum absolute atomic E-state index is 5.80.